The molecule has 0 unspecified atom stereocenters. The third kappa shape index (κ3) is 14.3. The number of hydrogen-bond donors (Lipinski definition) is 0. The van der Waals surface area contributed by atoms with E-state index in [1.807, 2.05) is 66.7 Å². The molecule has 5 rings (SSSR count). The molecule has 5 aromatic rings. The smallest absolute Gasteiger partial charge is 0.194 e. The summed E-state index contributed by atoms with van der Waals surface area (Å²) >= 11 is 3.15. The first-order valence-electron chi connectivity index (χ1n) is 21.5. The number of ketones is 2. The highest BCUT2D eigenvalue weighted by Gasteiger charge is 2.23. The van der Waals surface area contributed by atoms with Gasteiger partial charge in [0.2, 0.25) is 0 Å². The number of carbonyl (C=O) groups is 2. The molecule has 5 aromatic carbocycles. The Bertz CT molecular complexity index is 1750. The molecule has 56 heavy (non-hydrogen) atoms. The normalized spacial score (nSPS) is 11.2. The van der Waals surface area contributed by atoms with Crippen molar-refractivity contribution < 1.29 is 9.59 Å². The fourth-order valence-corrected chi connectivity index (χ4v) is 9.24. The fraction of sp³-hybridized carbons (Fsp3) is 0.385. The zero-order chi connectivity index (χ0) is 39.2. The van der Waals surface area contributed by atoms with Gasteiger partial charge in [-0.05, 0) is 73.2 Å². The molecule has 0 saturated carbocycles. The van der Waals surface area contributed by atoms with Crippen molar-refractivity contribution in [3.8, 4) is 0 Å². The minimum atomic E-state index is -0.0620. The molecule has 0 amide bonds. The monoisotopic (exact) mass is 782 g/mol. The van der Waals surface area contributed by atoms with Crippen molar-refractivity contribution >= 4 is 35.1 Å². The summed E-state index contributed by atoms with van der Waals surface area (Å²) in [4.78, 5) is 32.8. The van der Waals surface area contributed by atoms with Gasteiger partial charge < -0.3 is 0 Å². The van der Waals surface area contributed by atoms with Crippen LogP contribution in [0.4, 0.5) is 0 Å². The Morgan fingerprint density at radius 2 is 0.732 bits per heavy atom. The first-order valence-corrected chi connectivity index (χ1v) is 23.1. The maximum atomic E-state index is 14.5. The molecule has 0 bridgehead atoms. The average molecular weight is 783 g/mol. The van der Waals surface area contributed by atoms with E-state index in [9.17, 15) is 9.59 Å². The highest BCUT2D eigenvalue weighted by atomic mass is 32.2. The van der Waals surface area contributed by atoms with Crippen LogP contribution in [-0.4, -0.2) is 11.6 Å². The second-order valence-electron chi connectivity index (χ2n) is 15.2. The third-order valence-electron chi connectivity index (χ3n) is 10.6. The number of rotatable bonds is 26. The Morgan fingerprint density at radius 1 is 0.393 bits per heavy atom. The molecule has 0 aliphatic rings. The van der Waals surface area contributed by atoms with Crippen LogP contribution in [0.25, 0.3) is 0 Å². The molecule has 0 aromatic heterocycles. The van der Waals surface area contributed by atoms with Crippen LogP contribution in [0.1, 0.15) is 160 Å². The van der Waals surface area contributed by atoms with Crippen molar-refractivity contribution in [3.05, 3.63) is 155 Å². The molecule has 0 aliphatic carbocycles. The number of hydrogen-bond acceptors (Lipinski definition) is 4. The maximum Gasteiger partial charge on any atom is 0.194 e. The highest BCUT2D eigenvalue weighted by molar-refractivity contribution is 8.00. The number of benzene rings is 5. The average Bonchev–Trinajstić information content (AvgIpc) is 3.23. The Labute approximate surface area is 346 Å². The summed E-state index contributed by atoms with van der Waals surface area (Å²) in [6.07, 6.45) is 22.8. The Balaban J connectivity index is 1.36. The molecule has 0 radical (unpaired) electrons. The van der Waals surface area contributed by atoms with Crippen molar-refractivity contribution in [1.29, 1.82) is 0 Å². The van der Waals surface area contributed by atoms with E-state index in [0.29, 0.717) is 22.3 Å². The lowest BCUT2D eigenvalue weighted by atomic mass is 9.95. The molecule has 0 fully saturated rings. The molecule has 0 N–H and O–H groups in total. The van der Waals surface area contributed by atoms with Gasteiger partial charge in [-0.3, -0.25) is 9.59 Å². The molecule has 0 heterocycles. The molecule has 0 saturated heterocycles. The summed E-state index contributed by atoms with van der Waals surface area (Å²) in [6.45, 7) is 4.53. The van der Waals surface area contributed by atoms with Gasteiger partial charge in [-0.1, -0.05) is 212 Å². The predicted octanol–water partition coefficient (Wildman–Crippen LogP) is 15.8. The van der Waals surface area contributed by atoms with Crippen molar-refractivity contribution in [2.24, 2.45) is 0 Å². The molecule has 0 atom stereocenters. The van der Waals surface area contributed by atoms with Gasteiger partial charge in [0, 0.05) is 41.8 Å². The van der Waals surface area contributed by atoms with E-state index >= 15 is 0 Å². The predicted molar refractivity (Wildman–Crippen MR) is 240 cm³/mol. The van der Waals surface area contributed by atoms with Crippen LogP contribution >= 0.6 is 23.5 Å². The zero-order valence-electron chi connectivity index (χ0n) is 33.9. The van der Waals surface area contributed by atoms with Crippen molar-refractivity contribution in [2.75, 3.05) is 0 Å². The number of unbranched alkanes of at least 4 members (excludes halogenated alkanes) is 14. The van der Waals surface area contributed by atoms with Crippen LogP contribution in [0.2, 0.25) is 0 Å². The molecule has 294 valence electrons. The van der Waals surface area contributed by atoms with Gasteiger partial charge in [0.25, 0.3) is 0 Å². The molecule has 4 heteroatoms. The standard InChI is InChI=1S/C52H62O2S2/c1-3-5-7-9-11-13-15-19-25-41-31-35-43(36-32-41)51(53)47-39-48(52(54)44-37-33-42(34-38-44)26-20-16-14-12-10-8-6-4-2)50(56-46-29-23-18-24-30-46)40-49(47)55-45-27-21-17-22-28-45/h17-18,21-24,27-40H,3-16,19-20,25-26H2,1-2H3. The molecule has 2 nitrogen and oxygen atoms in total. The van der Waals surface area contributed by atoms with Crippen LogP contribution in [0.3, 0.4) is 0 Å². The first kappa shape index (κ1) is 43.3. The van der Waals surface area contributed by atoms with E-state index in [0.717, 1.165) is 32.4 Å². The van der Waals surface area contributed by atoms with Gasteiger partial charge >= 0.3 is 0 Å². The first-order chi connectivity index (χ1) is 27.6. The summed E-state index contributed by atoms with van der Waals surface area (Å²) in [5.74, 6) is -0.124. The quantitative estimate of drug-likeness (QED) is 0.0413. The van der Waals surface area contributed by atoms with Crippen molar-refractivity contribution in [1.82, 2.24) is 0 Å². The van der Waals surface area contributed by atoms with Gasteiger partial charge in [0.1, 0.15) is 0 Å². The Hall–Kier alpha value is -3.86. The molecule has 0 spiro atoms. The summed E-state index contributed by atoms with van der Waals surface area (Å²) in [5.41, 5.74) is 4.94. The van der Waals surface area contributed by atoms with Crippen molar-refractivity contribution in [3.63, 3.8) is 0 Å². The summed E-state index contributed by atoms with van der Waals surface area (Å²) in [6, 6.07) is 40.6. The van der Waals surface area contributed by atoms with Crippen LogP contribution < -0.4 is 0 Å². The van der Waals surface area contributed by atoms with Crippen molar-refractivity contribution in [2.45, 2.75) is 149 Å². The van der Waals surface area contributed by atoms with Gasteiger partial charge in [-0.2, -0.15) is 0 Å². The molecular weight excluding hydrogens is 721 g/mol. The van der Waals surface area contributed by atoms with E-state index in [4.69, 9.17) is 0 Å². The summed E-state index contributed by atoms with van der Waals surface area (Å²) in [5, 5.41) is 0. The van der Waals surface area contributed by atoms with Crippen LogP contribution in [0.15, 0.2) is 141 Å². The Morgan fingerprint density at radius 3 is 1.09 bits per heavy atom. The van der Waals surface area contributed by atoms with Gasteiger partial charge in [0.05, 0.1) is 0 Å². The molecule has 0 aliphatic heterocycles. The largest absolute Gasteiger partial charge is 0.289 e. The van der Waals surface area contributed by atoms with Crippen LogP contribution in [0, 0.1) is 0 Å². The van der Waals surface area contributed by atoms with E-state index in [1.165, 1.54) is 114 Å². The minimum absolute atomic E-state index is 0.0620. The lowest BCUT2D eigenvalue weighted by molar-refractivity contribution is 0.103. The van der Waals surface area contributed by atoms with E-state index in [1.54, 1.807) is 23.5 Å². The lowest BCUT2D eigenvalue weighted by Crippen LogP contribution is -2.09. The fourth-order valence-electron chi connectivity index (χ4n) is 7.20. The minimum Gasteiger partial charge on any atom is -0.289 e. The van der Waals surface area contributed by atoms with E-state index in [-0.39, 0.29) is 11.6 Å². The van der Waals surface area contributed by atoms with Gasteiger partial charge in [-0.25, -0.2) is 0 Å². The SMILES string of the molecule is CCCCCCCCCCc1ccc(C(=O)c2cc(C(=O)c3ccc(CCCCCCCCCC)cc3)c(Sc3ccccc3)cc2Sc2ccccc2)cc1. The summed E-state index contributed by atoms with van der Waals surface area (Å²) < 4.78 is 0. The van der Waals surface area contributed by atoms with Crippen LogP contribution in [0.5, 0.6) is 0 Å². The number of carbonyl (C=O) groups excluding carboxylic acids is 2. The second kappa shape index (κ2) is 24.7. The van der Waals surface area contributed by atoms with Gasteiger partial charge in [0.15, 0.2) is 11.6 Å². The third-order valence-corrected chi connectivity index (χ3v) is 12.7. The zero-order valence-corrected chi connectivity index (χ0v) is 35.5. The van der Waals surface area contributed by atoms with Crippen LogP contribution in [-0.2, 0) is 12.8 Å². The maximum absolute atomic E-state index is 14.5. The Kier molecular flexibility index (Phi) is 19.1. The van der Waals surface area contributed by atoms with E-state index in [2.05, 4.69) is 68.4 Å². The topological polar surface area (TPSA) is 34.1 Å². The molecular formula is C52H62O2S2. The lowest BCUT2D eigenvalue weighted by Gasteiger charge is -2.16. The van der Waals surface area contributed by atoms with Gasteiger partial charge in [-0.15, -0.1) is 0 Å². The summed E-state index contributed by atoms with van der Waals surface area (Å²) in [7, 11) is 0. The number of aryl methyl sites for hydroxylation is 2. The second-order valence-corrected chi connectivity index (χ2v) is 17.4. The van der Waals surface area contributed by atoms with E-state index < -0.39 is 0 Å². The highest BCUT2D eigenvalue weighted by Crippen LogP contribution is 2.40.